The largest absolute Gasteiger partial charge is 0.460 e. The lowest BCUT2D eigenvalue weighted by molar-refractivity contribution is -0.145. The van der Waals surface area contributed by atoms with Gasteiger partial charge in [-0.25, -0.2) is 4.99 Å². The van der Waals surface area contributed by atoms with E-state index < -0.39 is 6.04 Å². The van der Waals surface area contributed by atoms with Crippen molar-refractivity contribution in [3.05, 3.63) is 22.4 Å². The lowest BCUT2D eigenvalue weighted by atomic mass is 9.86. The van der Waals surface area contributed by atoms with E-state index in [9.17, 15) is 9.59 Å². The zero-order valence-electron chi connectivity index (χ0n) is 27.6. The number of aliphatic imine (C=N–C) groups is 1. The molecule has 2 aliphatic carbocycles. The van der Waals surface area contributed by atoms with Crippen molar-refractivity contribution in [2.24, 2.45) is 10.9 Å². The number of amidine groups is 1. The number of hydrogen-bond donors (Lipinski definition) is 2. The monoisotopic (exact) mass is 640 g/mol. The fourth-order valence-corrected chi connectivity index (χ4v) is 8.85. The van der Waals surface area contributed by atoms with Crippen molar-refractivity contribution >= 4 is 29.2 Å². The van der Waals surface area contributed by atoms with Crippen molar-refractivity contribution in [3.63, 3.8) is 0 Å². The summed E-state index contributed by atoms with van der Waals surface area (Å²) in [5.41, 5.74) is 0. The molecule has 0 radical (unpaired) electrons. The maximum absolute atomic E-state index is 14.6. The maximum Gasteiger partial charge on any atom is 0.288 e. The Kier molecular flexibility index (Phi) is 11.4. The molecule has 4 atom stereocenters. The normalized spacial score (nSPS) is 28.5. The fraction of sp³-hybridized carbons (Fsp3) is 0.800. The molecule has 1 aromatic rings. The topological polar surface area (TPSA) is 89.5 Å². The van der Waals surface area contributed by atoms with Gasteiger partial charge >= 0.3 is 0 Å². The van der Waals surface area contributed by atoms with Gasteiger partial charge in [-0.3, -0.25) is 9.59 Å². The van der Waals surface area contributed by atoms with Crippen LogP contribution in [0.15, 0.2) is 22.5 Å². The highest BCUT2D eigenvalue weighted by atomic mass is 32.1. The van der Waals surface area contributed by atoms with Crippen LogP contribution in [0.2, 0.25) is 0 Å². The molecule has 5 aliphatic rings. The van der Waals surface area contributed by atoms with E-state index in [0.29, 0.717) is 44.2 Å². The minimum Gasteiger partial charge on any atom is -0.460 e. The SMILES string of the molecule is C[C@@H]1N=C(N2CCN(C(=O)[C@@H](CC3CCN(C4CCCCC4)CC3)NC3CCCCC3)[C@H](C(=O)NCc3cccs3)C2)O[C@H]1C. The molecule has 4 fully saturated rings. The van der Waals surface area contributed by atoms with Gasteiger partial charge in [0.05, 0.1) is 25.2 Å². The molecule has 0 unspecified atom stereocenters. The zero-order chi connectivity index (χ0) is 31.2. The first-order valence-corrected chi connectivity index (χ1v) is 18.9. The van der Waals surface area contributed by atoms with Crippen molar-refractivity contribution in [1.29, 1.82) is 0 Å². The van der Waals surface area contributed by atoms with Gasteiger partial charge in [0.15, 0.2) is 0 Å². The van der Waals surface area contributed by atoms with Crippen molar-refractivity contribution < 1.29 is 14.3 Å². The minimum atomic E-state index is -0.590. The number of carbonyl (C=O) groups excluding carboxylic acids is 2. The standard InChI is InChI=1S/C35H56N6O3S/c1-25-26(2)44-35(37-25)40-19-20-41(32(24-40)33(42)36-23-30-14-9-21-45-30)34(43)31(38-28-10-5-3-6-11-28)22-27-15-17-39(18-16-27)29-12-7-4-8-13-29/h9,14,21,25-29,31-32,38H,3-8,10-13,15-20,22-24H2,1-2H3,(H,36,42)/t25-,26-,31+,32-/m0/s1. The summed E-state index contributed by atoms with van der Waals surface area (Å²) in [6, 6.07) is 5.04. The van der Waals surface area contributed by atoms with Crippen LogP contribution in [-0.4, -0.2) is 102 Å². The number of nitrogens with zero attached hydrogens (tertiary/aromatic N) is 4. The quantitative estimate of drug-likeness (QED) is 0.405. The predicted octanol–water partition coefficient (Wildman–Crippen LogP) is 4.77. The first-order chi connectivity index (χ1) is 21.9. The van der Waals surface area contributed by atoms with E-state index in [1.807, 2.05) is 29.3 Å². The van der Waals surface area contributed by atoms with Gasteiger partial charge in [0, 0.05) is 30.1 Å². The summed E-state index contributed by atoms with van der Waals surface area (Å²) in [6.07, 6.45) is 16.1. The Morgan fingerprint density at radius 2 is 1.71 bits per heavy atom. The Morgan fingerprint density at radius 3 is 2.38 bits per heavy atom. The van der Waals surface area contributed by atoms with Crippen LogP contribution in [0, 0.1) is 5.92 Å². The summed E-state index contributed by atoms with van der Waals surface area (Å²) >= 11 is 1.63. The molecule has 45 heavy (non-hydrogen) atoms. The number of amides is 2. The van der Waals surface area contributed by atoms with E-state index in [4.69, 9.17) is 9.73 Å². The zero-order valence-corrected chi connectivity index (χ0v) is 28.4. The second-order valence-corrected chi connectivity index (χ2v) is 15.4. The van der Waals surface area contributed by atoms with Crippen molar-refractivity contribution in [2.75, 3.05) is 32.7 Å². The molecule has 3 aliphatic heterocycles. The van der Waals surface area contributed by atoms with Crippen molar-refractivity contribution in [2.45, 2.75) is 140 Å². The smallest absolute Gasteiger partial charge is 0.288 e. The Balaban J connectivity index is 1.15. The number of piperazine rings is 1. The number of likely N-dealkylation sites (tertiary alicyclic amines) is 1. The minimum absolute atomic E-state index is 0.0133. The van der Waals surface area contributed by atoms with Crippen LogP contribution in [0.1, 0.15) is 102 Å². The third-order valence-corrected chi connectivity index (χ3v) is 12.1. The molecule has 6 rings (SSSR count). The second kappa shape index (κ2) is 15.6. The third-order valence-electron chi connectivity index (χ3n) is 11.2. The summed E-state index contributed by atoms with van der Waals surface area (Å²) in [6.45, 7) is 8.39. The highest BCUT2D eigenvalue weighted by Gasteiger charge is 2.42. The number of ether oxygens (including phenoxy) is 1. The second-order valence-electron chi connectivity index (χ2n) is 14.3. The van der Waals surface area contributed by atoms with Gasteiger partial charge in [-0.2, -0.15) is 0 Å². The molecule has 2 N–H and O–H groups in total. The molecule has 2 amide bonds. The van der Waals surface area contributed by atoms with Crippen LogP contribution >= 0.6 is 11.3 Å². The fourth-order valence-electron chi connectivity index (χ4n) is 8.21. The van der Waals surface area contributed by atoms with E-state index in [0.717, 1.165) is 43.3 Å². The Bertz CT molecular complexity index is 1130. The number of carbonyl (C=O) groups is 2. The van der Waals surface area contributed by atoms with Crippen LogP contribution in [0.4, 0.5) is 0 Å². The van der Waals surface area contributed by atoms with Crippen LogP contribution in [0.3, 0.4) is 0 Å². The van der Waals surface area contributed by atoms with Gasteiger partial charge in [-0.1, -0.05) is 44.6 Å². The van der Waals surface area contributed by atoms with Gasteiger partial charge in [0.1, 0.15) is 12.1 Å². The number of piperidine rings is 1. The Morgan fingerprint density at radius 1 is 0.978 bits per heavy atom. The van der Waals surface area contributed by atoms with E-state index >= 15 is 0 Å². The summed E-state index contributed by atoms with van der Waals surface area (Å²) in [7, 11) is 0. The molecule has 2 saturated carbocycles. The van der Waals surface area contributed by atoms with Crippen LogP contribution in [0.25, 0.3) is 0 Å². The van der Waals surface area contributed by atoms with Gasteiger partial charge < -0.3 is 30.1 Å². The lowest BCUT2D eigenvalue weighted by Gasteiger charge is -2.43. The summed E-state index contributed by atoms with van der Waals surface area (Å²) in [5.74, 6) is 0.534. The molecule has 4 heterocycles. The maximum atomic E-state index is 14.6. The molecule has 1 aromatic heterocycles. The first-order valence-electron chi connectivity index (χ1n) is 18.0. The average molecular weight is 641 g/mol. The predicted molar refractivity (Wildman–Crippen MR) is 180 cm³/mol. The summed E-state index contributed by atoms with van der Waals surface area (Å²) < 4.78 is 6.08. The van der Waals surface area contributed by atoms with Crippen LogP contribution < -0.4 is 10.6 Å². The molecule has 0 bridgehead atoms. The molecule has 0 spiro atoms. The highest BCUT2D eigenvalue weighted by Crippen LogP contribution is 2.30. The van der Waals surface area contributed by atoms with Gasteiger partial charge in [0.25, 0.3) is 6.02 Å². The highest BCUT2D eigenvalue weighted by molar-refractivity contribution is 7.09. The molecular formula is C35H56N6O3S. The van der Waals surface area contributed by atoms with Crippen LogP contribution in [0.5, 0.6) is 0 Å². The average Bonchev–Trinajstić information content (AvgIpc) is 3.73. The van der Waals surface area contributed by atoms with Crippen molar-refractivity contribution in [3.8, 4) is 0 Å². The molecule has 10 heteroatoms. The van der Waals surface area contributed by atoms with Gasteiger partial charge in [-0.15, -0.1) is 11.3 Å². The number of nitrogens with one attached hydrogen (secondary N) is 2. The van der Waals surface area contributed by atoms with E-state index in [2.05, 4.69) is 27.4 Å². The van der Waals surface area contributed by atoms with Crippen molar-refractivity contribution in [1.82, 2.24) is 25.3 Å². The number of rotatable bonds is 9. The summed E-state index contributed by atoms with van der Waals surface area (Å²) in [4.78, 5) is 41.0. The van der Waals surface area contributed by atoms with Gasteiger partial charge in [0.2, 0.25) is 11.8 Å². The lowest BCUT2D eigenvalue weighted by Crippen LogP contribution is -2.64. The molecule has 0 aromatic carbocycles. The molecular weight excluding hydrogens is 584 g/mol. The van der Waals surface area contributed by atoms with Crippen LogP contribution in [-0.2, 0) is 20.9 Å². The van der Waals surface area contributed by atoms with E-state index in [-0.39, 0.29) is 30.0 Å². The Labute approximate surface area is 274 Å². The van der Waals surface area contributed by atoms with E-state index in [1.54, 1.807) is 11.3 Å². The molecule has 250 valence electrons. The van der Waals surface area contributed by atoms with Gasteiger partial charge in [-0.05, 0) is 89.2 Å². The third kappa shape index (κ3) is 8.41. The number of thiophene rings is 1. The first kappa shape index (κ1) is 32.8. The van der Waals surface area contributed by atoms with E-state index in [1.165, 1.54) is 64.2 Å². The molecule has 2 saturated heterocycles. The summed E-state index contributed by atoms with van der Waals surface area (Å²) in [5, 5.41) is 9.05. The number of hydrogen-bond acceptors (Lipinski definition) is 8. The molecule has 9 nitrogen and oxygen atoms in total. The Hall–Kier alpha value is -2.17.